The summed E-state index contributed by atoms with van der Waals surface area (Å²) in [5.74, 6) is 1.64. The molecule has 3 amide bonds. The van der Waals surface area contributed by atoms with Gasteiger partial charge in [0.1, 0.15) is 12.4 Å². The Morgan fingerprint density at radius 3 is 2.39 bits per heavy atom. The number of methoxy groups -OCH3 is 1. The number of nitrogens with two attached hydrogens (primary N) is 1. The molecule has 262 valence electrons. The van der Waals surface area contributed by atoms with Crippen molar-refractivity contribution in [2.24, 2.45) is 17.6 Å². The summed E-state index contributed by atoms with van der Waals surface area (Å²) in [4.78, 5) is 39.2. The molecule has 1 heterocycles. The number of primary amides is 1. The number of aromatic nitrogens is 2. The first-order valence-electron chi connectivity index (χ1n) is 18.0. The third-order valence-corrected chi connectivity index (χ3v) is 11.0. The summed E-state index contributed by atoms with van der Waals surface area (Å²) < 4.78 is 12.5. The van der Waals surface area contributed by atoms with Gasteiger partial charge in [-0.25, -0.2) is 4.79 Å². The minimum atomic E-state index is -0.846. The van der Waals surface area contributed by atoms with Crippen LogP contribution >= 0.6 is 0 Å². The highest BCUT2D eigenvalue weighted by molar-refractivity contribution is 5.79. The predicted octanol–water partition coefficient (Wildman–Crippen LogP) is 6.84. The maximum atomic E-state index is 14.0. The largest absolute Gasteiger partial charge is 0.496 e. The summed E-state index contributed by atoms with van der Waals surface area (Å²) in [5.41, 5.74) is 11.0. The van der Waals surface area contributed by atoms with Gasteiger partial charge in [-0.2, -0.15) is 5.10 Å². The van der Waals surface area contributed by atoms with Crippen LogP contribution in [0, 0.1) is 18.8 Å². The number of benzene rings is 2. The van der Waals surface area contributed by atoms with Crippen molar-refractivity contribution in [2.45, 2.75) is 102 Å². The molecule has 1 atom stereocenters. The fourth-order valence-electron chi connectivity index (χ4n) is 8.11. The second kappa shape index (κ2) is 15.5. The number of aryl methyl sites for hydroxylation is 1. The molecule has 6 rings (SSSR count). The molecule has 3 aromatic rings. The van der Waals surface area contributed by atoms with Crippen molar-refractivity contribution in [3.8, 4) is 16.9 Å². The maximum absolute atomic E-state index is 14.0. The molecule has 3 aliphatic rings. The summed E-state index contributed by atoms with van der Waals surface area (Å²) in [6.07, 6.45) is 12.7. The van der Waals surface area contributed by atoms with Crippen LogP contribution in [0.2, 0.25) is 0 Å². The van der Waals surface area contributed by atoms with Gasteiger partial charge in [-0.1, -0.05) is 30.3 Å². The van der Waals surface area contributed by atoms with E-state index in [1.807, 2.05) is 6.20 Å². The first-order valence-corrected chi connectivity index (χ1v) is 18.0. The van der Waals surface area contributed by atoms with E-state index in [4.69, 9.17) is 15.2 Å². The van der Waals surface area contributed by atoms with E-state index >= 15 is 0 Å². The average Bonchev–Trinajstić information content (AvgIpc) is 3.84. The summed E-state index contributed by atoms with van der Waals surface area (Å²) >= 11 is 0. The Morgan fingerprint density at radius 2 is 1.73 bits per heavy atom. The van der Waals surface area contributed by atoms with Crippen molar-refractivity contribution < 1.29 is 23.9 Å². The summed E-state index contributed by atoms with van der Waals surface area (Å²) in [6, 6.07) is 15.6. The first kappa shape index (κ1) is 34.5. The van der Waals surface area contributed by atoms with E-state index in [1.165, 1.54) is 25.3 Å². The lowest BCUT2D eigenvalue weighted by Gasteiger charge is -2.38. The van der Waals surface area contributed by atoms with Crippen LogP contribution in [0.15, 0.2) is 54.9 Å². The topological polar surface area (TPSA) is 129 Å². The zero-order valence-electron chi connectivity index (χ0n) is 29.1. The first-order chi connectivity index (χ1) is 23.7. The molecule has 3 aliphatic carbocycles. The monoisotopic (exact) mass is 669 g/mol. The number of nitrogens with zero attached hydrogens (tertiary/aromatic N) is 3. The second-order valence-corrected chi connectivity index (χ2v) is 14.3. The number of hydrogen-bond donors (Lipinski definition) is 2. The molecule has 0 spiro atoms. The molecule has 3 fully saturated rings. The van der Waals surface area contributed by atoms with Gasteiger partial charge in [-0.15, -0.1) is 0 Å². The Hall–Kier alpha value is -4.34. The van der Waals surface area contributed by atoms with Gasteiger partial charge in [0.25, 0.3) is 0 Å². The number of carbonyl (C=O) groups excluding carboxylic acids is 3. The zero-order valence-corrected chi connectivity index (χ0v) is 29.1. The van der Waals surface area contributed by atoms with Crippen molar-refractivity contribution in [3.63, 3.8) is 0 Å². The van der Waals surface area contributed by atoms with E-state index in [-0.39, 0.29) is 36.4 Å². The maximum Gasteiger partial charge on any atom is 0.404 e. The van der Waals surface area contributed by atoms with Crippen molar-refractivity contribution >= 4 is 17.9 Å². The smallest absolute Gasteiger partial charge is 0.404 e. The van der Waals surface area contributed by atoms with Crippen LogP contribution in [0.5, 0.6) is 5.75 Å². The van der Waals surface area contributed by atoms with Gasteiger partial charge < -0.3 is 25.4 Å². The van der Waals surface area contributed by atoms with Crippen LogP contribution in [0.4, 0.5) is 4.79 Å². The lowest BCUT2D eigenvalue weighted by Crippen LogP contribution is -2.45. The Balaban J connectivity index is 1.16. The van der Waals surface area contributed by atoms with Crippen LogP contribution in [0.25, 0.3) is 11.1 Å². The third kappa shape index (κ3) is 8.46. The highest BCUT2D eigenvalue weighted by Crippen LogP contribution is 2.43. The van der Waals surface area contributed by atoms with Gasteiger partial charge in [0.15, 0.2) is 0 Å². The van der Waals surface area contributed by atoms with Gasteiger partial charge in [-0.05, 0) is 117 Å². The lowest BCUT2D eigenvalue weighted by molar-refractivity contribution is -0.133. The molecule has 1 unspecified atom stereocenters. The average molecular weight is 670 g/mol. The number of carbonyl (C=O) groups is 3. The van der Waals surface area contributed by atoms with Crippen LogP contribution in [0.1, 0.15) is 106 Å². The molecular formula is C39H51N5O5. The van der Waals surface area contributed by atoms with E-state index in [1.54, 1.807) is 12.0 Å². The highest BCUT2D eigenvalue weighted by atomic mass is 16.5. The molecule has 2 aromatic carbocycles. The Morgan fingerprint density at radius 1 is 0.980 bits per heavy atom. The van der Waals surface area contributed by atoms with Gasteiger partial charge in [0.05, 0.1) is 31.9 Å². The lowest BCUT2D eigenvalue weighted by atomic mass is 9.74. The highest BCUT2D eigenvalue weighted by Gasteiger charge is 2.35. The molecule has 0 saturated heterocycles. The van der Waals surface area contributed by atoms with Crippen molar-refractivity contribution in [3.05, 3.63) is 71.5 Å². The minimum absolute atomic E-state index is 0.0129. The van der Waals surface area contributed by atoms with E-state index in [0.717, 1.165) is 66.5 Å². The molecule has 49 heavy (non-hydrogen) atoms. The number of hydrogen-bond acceptors (Lipinski definition) is 6. The molecule has 0 aliphatic heterocycles. The number of ether oxygens (including phenoxy) is 2. The van der Waals surface area contributed by atoms with Gasteiger partial charge in [-0.3, -0.25) is 14.3 Å². The molecule has 3 saturated carbocycles. The molecule has 10 heteroatoms. The fourth-order valence-corrected chi connectivity index (χ4v) is 8.11. The van der Waals surface area contributed by atoms with Crippen LogP contribution in [0.3, 0.4) is 0 Å². The van der Waals surface area contributed by atoms with Gasteiger partial charge in [0, 0.05) is 30.6 Å². The molecule has 0 radical (unpaired) electrons. The minimum Gasteiger partial charge on any atom is -0.496 e. The second-order valence-electron chi connectivity index (χ2n) is 14.3. The summed E-state index contributed by atoms with van der Waals surface area (Å²) in [5, 5.41) is 8.17. The number of nitrogens with one attached hydrogen (secondary N) is 1. The Labute approximate surface area is 289 Å². The molecule has 3 N–H and O–H groups in total. The van der Waals surface area contributed by atoms with Crippen LogP contribution in [-0.2, 0) is 14.3 Å². The SMILES string of the molecule is COc1ccc(C2CCC(C(NC(=O)C3CCC(N(CCOC(N)=O)C(C)=O)CC3)c3cccc(-c4cnn(C5CC5)c4)c3)CC2)cc1C. The summed E-state index contributed by atoms with van der Waals surface area (Å²) in [6.45, 7) is 4.00. The third-order valence-electron chi connectivity index (χ3n) is 11.0. The van der Waals surface area contributed by atoms with Crippen molar-refractivity contribution in [1.82, 2.24) is 20.0 Å². The van der Waals surface area contributed by atoms with E-state index < -0.39 is 6.09 Å². The molecule has 0 bridgehead atoms. The number of rotatable bonds is 12. The number of amides is 3. The van der Waals surface area contributed by atoms with Crippen LogP contribution in [-0.4, -0.2) is 58.9 Å². The quantitative estimate of drug-likeness (QED) is 0.217. The molecule has 1 aromatic heterocycles. The van der Waals surface area contributed by atoms with Gasteiger partial charge >= 0.3 is 6.09 Å². The van der Waals surface area contributed by atoms with Crippen LogP contribution < -0.4 is 15.8 Å². The Bertz CT molecular complexity index is 1620. The fraction of sp³-hybridized carbons (Fsp3) is 0.538. The molecular weight excluding hydrogens is 618 g/mol. The standard InChI is InChI=1S/C39H51N5O5/c1-25-21-31(13-18-36(25)48-3)27-7-9-28(10-8-27)37(32-6-4-5-30(22-32)33-23-41-44(24-33)35-16-17-35)42-38(46)29-11-14-34(15-12-29)43(26(2)45)19-20-49-39(40)47/h4-6,13,18,21-24,27-29,34-35,37H,7-12,14-17,19-20H2,1-3H3,(H2,40,47)(H,42,46). The van der Waals surface area contributed by atoms with E-state index in [9.17, 15) is 14.4 Å². The predicted molar refractivity (Wildman–Crippen MR) is 188 cm³/mol. The van der Waals surface area contributed by atoms with E-state index in [2.05, 4.69) is 70.7 Å². The van der Waals surface area contributed by atoms with Crippen molar-refractivity contribution in [2.75, 3.05) is 20.3 Å². The summed E-state index contributed by atoms with van der Waals surface area (Å²) in [7, 11) is 1.71. The normalized spacial score (nSPS) is 22.9. The molecule has 10 nitrogen and oxygen atoms in total. The Kier molecular flexibility index (Phi) is 10.9. The zero-order chi connectivity index (χ0) is 34.5. The van der Waals surface area contributed by atoms with Crippen molar-refractivity contribution in [1.29, 1.82) is 0 Å². The van der Waals surface area contributed by atoms with Gasteiger partial charge in [0.2, 0.25) is 11.8 Å². The van der Waals surface area contributed by atoms with E-state index in [0.29, 0.717) is 37.3 Å².